The number of amides is 1. The summed E-state index contributed by atoms with van der Waals surface area (Å²) in [5.74, 6) is -0.0479. The van der Waals surface area contributed by atoms with Gasteiger partial charge in [-0.2, -0.15) is 0 Å². The van der Waals surface area contributed by atoms with E-state index >= 15 is 0 Å². The van der Waals surface area contributed by atoms with E-state index in [1.54, 1.807) is 0 Å². The van der Waals surface area contributed by atoms with Gasteiger partial charge >= 0.3 is 0 Å². The van der Waals surface area contributed by atoms with Gasteiger partial charge in [-0.1, -0.05) is 38.1 Å². The van der Waals surface area contributed by atoms with Gasteiger partial charge in [-0.15, -0.1) is 10.2 Å². The number of rotatable bonds is 4. The van der Waals surface area contributed by atoms with Gasteiger partial charge in [0, 0.05) is 17.6 Å². The van der Waals surface area contributed by atoms with Crippen LogP contribution in [0.5, 0.6) is 5.88 Å². The lowest BCUT2D eigenvalue weighted by Gasteiger charge is -2.29. The van der Waals surface area contributed by atoms with E-state index in [1.165, 1.54) is 5.56 Å². The summed E-state index contributed by atoms with van der Waals surface area (Å²) in [6, 6.07) is 14.1. The summed E-state index contributed by atoms with van der Waals surface area (Å²) in [6.07, 6.45) is 2.05. The fourth-order valence-electron chi connectivity index (χ4n) is 3.72. The predicted molar refractivity (Wildman–Crippen MR) is 111 cm³/mol. The average Bonchev–Trinajstić information content (AvgIpc) is 3.01. The van der Waals surface area contributed by atoms with Crippen molar-refractivity contribution in [3.05, 3.63) is 53.6 Å². The molecule has 28 heavy (non-hydrogen) atoms. The number of para-hydroxylation sites is 1. The molecule has 3 aromatic rings. The second-order valence-corrected chi connectivity index (χ2v) is 7.53. The van der Waals surface area contributed by atoms with Crippen molar-refractivity contribution in [2.24, 2.45) is 10.2 Å². The van der Waals surface area contributed by atoms with Crippen LogP contribution in [0.2, 0.25) is 0 Å². The topological polar surface area (TPSA) is 81.0 Å². The number of benzene rings is 2. The summed E-state index contributed by atoms with van der Waals surface area (Å²) < 4.78 is 0. The molecule has 0 unspecified atom stereocenters. The van der Waals surface area contributed by atoms with Crippen molar-refractivity contribution >= 4 is 28.2 Å². The Balaban J connectivity index is 1.55. The number of nitrogens with one attached hydrogen (secondary N) is 1. The lowest BCUT2D eigenvalue weighted by atomic mass is 10.0. The first kappa shape index (κ1) is 18.2. The maximum absolute atomic E-state index is 12.4. The molecule has 0 saturated carbocycles. The highest BCUT2D eigenvalue weighted by Gasteiger charge is 2.19. The Morgan fingerprint density at radius 1 is 1.25 bits per heavy atom. The summed E-state index contributed by atoms with van der Waals surface area (Å²) in [6.45, 7) is 5.22. The lowest BCUT2D eigenvalue weighted by molar-refractivity contribution is -0.117. The lowest BCUT2D eigenvalue weighted by Crippen LogP contribution is -2.33. The third kappa shape index (κ3) is 3.50. The van der Waals surface area contributed by atoms with Gasteiger partial charge in [-0.3, -0.25) is 4.79 Å². The van der Waals surface area contributed by atoms with E-state index in [9.17, 15) is 9.90 Å². The average molecular weight is 376 g/mol. The van der Waals surface area contributed by atoms with Crippen molar-refractivity contribution in [3.63, 3.8) is 0 Å². The van der Waals surface area contributed by atoms with Crippen molar-refractivity contribution in [1.82, 2.24) is 4.98 Å². The predicted octanol–water partition coefficient (Wildman–Crippen LogP) is 5.06. The van der Waals surface area contributed by atoms with Crippen molar-refractivity contribution in [1.29, 1.82) is 0 Å². The molecule has 144 valence electrons. The maximum atomic E-state index is 12.4. The van der Waals surface area contributed by atoms with Crippen molar-refractivity contribution in [2.75, 3.05) is 18.0 Å². The minimum absolute atomic E-state index is 0.0734. The molecule has 2 heterocycles. The number of carbonyl (C=O) groups is 1. The van der Waals surface area contributed by atoms with E-state index in [0.717, 1.165) is 41.5 Å². The van der Waals surface area contributed by atoms with Crippen LogP contribution in [0, 0.1) is 0 Å². The first-order valence-electron chi connectivity index (χ1n) is 9.65. The molecule has 6 heteroatoms. The Morgan fingerprint density at radius 3 is 2.89 bits per heavy atom. The van der Waals surface area contributed by atoms with Gasteiger partial charge in [-0.05, 0) is 48.1 Å². The van der Waals surface area contributed by atoms with Gasteiger partial charge in [-0.25, -0.2) is 0 Å². The number of hydrogen-bond acceptors (Lipinski definition) is 4. The number of aromatic hydroxyl groups is 1. The highest BCUT2D eigenvalue weighted by molar-refractivity contribution is 5.95. The zero-order chi connectivity index (χ0) is 19.7. The second-order valence-electron chi connectivity index (χ2n) is 7.53. The van der Waals surface area contributed by atoms with Gasteiger partial charge in [0.1, 0.15) is 6.54 Å². The highest BCUT2D eigenvalue weighted by Crippen LogP contribution is 2.37. The number of azo groups is 1. The molecule has 0 aliphatic carbocycles. The Labute approximate surface area is 163 Å². The van der Waals surface area contributed by atoms with E-state index in [1.807, 2.05) is 41.3 Å². The Kier molecular flexibility index (Phi) is 4.86. The molecular formula is C22H24N4O2. The van der Waals surface area contributed by atoms with Crippen LogP contribution in [-0.4, -0.2) is 29.1 Å². The quantitative estimate of drug-likeness (QED) is 0.625. The number of anilines is 1. The smallest absolute Gasteiger partial charge is 0.283 e. The molecule has 2 aromatic carbocycles. The monoisotopic (exact) mass is 376 g/mol. The number of aromatic amines is 1. The third-order valence-corrected chi connectivity index (χ3v) is 5.24. The molecule has 1 aliphatic heterocycles. The van der Waals surface area contributed by atoms with Crippen LogP contribution in [-0.2, 0) is 11.2 Å². The van der Waals surface area contributed by atoms with Crippen molar-refractivity contribution < 1.29 is 9.90 Å². The van der Waals surface area contributed by atoms with Crippen LogP contribution in [0.3, 0.4) is 0 Å². The van der Waals surface area contributed by atoms with Crippen LogP contribution < -0.4 is 4.90 Å². The molecule has 2 N–H and O–H groups in total. The van der Waals surface area contributed by atoms with Crippen molar-refractivity contribution in [3.8, 4) is 5.88 Å². The molecule has 1 aromatic heterocycles. The van der Waals surface area contributed by atoms with Gasteiger partial charge in [0.05, 0.1) is 5.52 Å². The van der Waals surface area contributed by atoms with Crippen LogP contribution in [0.25, 0.3) is 10.9 Å². The summed E-state index contributed by atoms with van der Waals surface area (Å²) in [7, 11) is 0. The minimum Gasteiger partial charge on any atom is -0.493 e. The Hall–Kier alpha value is -3.15. The minimum atomic E-state index is -0.328. The molecule has 4 rings (SSSR count). The molecular weight excluding hydrogens is 352 g/mol. The molecule has 0 spiro atoms. The molecule has 0 fully saturated rings. The van der Waals surface area contributed by atoms with Crippen LogP contribution in [0.15, 0.2) is 52.7 Å². The SMILES string of the molecule is CC(C)c1ccc2[nH]c(O)c(N=NC(=O)CN3CCCc4ccccc43)c2c1. The van der Waals surface area contributed by atoms with Gasteiger partial charge in [0.25, 0.3) is 5.91 Å². The largest absolute Gasteiger partial charge is 0.493 e. The van der Waals surface area contributed by atoms with Crippen molar-refractivity contribution in [2.45, 2.75) is 32.6 Å². The van der Waals surface area contributed by atoms with E-state index in [2.05, 4.69) is 35.1 Å². The van der Waals surface area contributed by atoms with Crippen LogP contribution >= 0.6 is 0 Å². The molecule has 6 nitrogen and oxygen atoms in total. The number of H-pyrrole nitrogens is 1. The Bertz CT molecular complexity index is 1050. The molecule has 0 radical (unpaired) electrons. The molecule has 1 amide bonds. The molecule has 1 aliphatic rings. The molecule has 0 bridgehead atoms. The zero-order valence-corrected chi connectivity index (χ0v) is 16.1. The number of nitrogens with zero attached hydrogens (tertiary/aromatic N) is 3. The first-order valence-corrected chi connectivity index (χ1v) is 9.65. The van der Waals surface area contributed by atoms with Gasteiger partial charge < -0.3 is 15.0 Å². The van der Waals surface area contributed by atoms with E-state index < -0.39 is 0 Å². The fourth-order valence-corrected chi connectivity index (χ4v) is 3.72. The highest BCUT2D eigenvalue weighted by atomic mass is 16.3. The summed E-state index contributed by atoms with van der Waals surface area (Å²) >= 11 is 0. The Morgan fingerprint density at radius 2 is 2.07 bits per heavy atom. The number of aromatic nitrogens is 1. The summed E-state index contributed by atoms with van der Waals surface area (Å²) in [4.78, 5) is 17.4. The van der Waals surface area contributed by atoms with Gasteiger partial charge in [0.2, 0.25) is 5.88 Å². The number of aryl methyl sites for hydroxylation is 1. The van der Waals surface area contributed by atoms with Crippen LogP contribution in [0.4, 0.5) is 11.4 Å². The van der Waals surface area contributed by atoms with Gasteiger partial charge in [0.15, 0.2) is 5.69 Å². The normalized spacial score (nSPS) is 14.2. The first-order chi connectivity index (χ1) is 13.5. The number of hydrogen-bond donors (Lipinski definition) is 2. The summed E-state index contributed by atoms with van der Waals surface area (Å²) in [5.41, 5.74) is 4.57. The molecule has 0 saturated heterocycles. The van der Waals surface area contributed by atoms with E-state index in [4.69, 9.17) is 0 Å². The van der Waals surface area contributed by atoms with E-state index in [0.29, 0.717) is 11.6 Å². The summed E-state index contributed by atoms with van der Waals surface area (Å²) in [5, 5.41) is 18.9. The maximum Gasteiger partial charge on any atom is 0.283 e. The van der Waals surface area contributed by atoms with E-state index in [-0.39, 0.29) is 18.3 Å². The standard InChI is InChI=1S/C22H24N4O2/c1-14(2)16-9-10-18-17(12-16)21(22(28)23-18)25-24-20(27)13-26-11-5-7-15-6-3-4-8-19(15)26/h3-4,6,8-10,12,14,23,28H,5,7,11,13H2,1-2H3. The second kappa shape index (κ2) is 7.46. The van der Waals surface area contributed by atoms with Crippen LogP contribution in [0.1, 0.15) is 37.3 Å². The zero-order valence-electron chi connectivity index (χ0n) is 16.1. The molecule has 0 atom stereocenters. The third-order valence-electron chi connectivity index (χ3n) is 5.24. The number of carbonyl (C=O) groups excluding carboxylic acids is 1. The number of fused-ring (bicyclic) bond motifs is 2. The fraction of sp³-hybridized carbons (Fsp3) is 0.318.